The predicted octanol–water partition coefficient (Wildman–Crippen LogP) is 3.82. The summed E-state index contributed by atoms with van der Waals surface area (Å²) < 4.78 is 5.78. The lowest BCUT2D eigenvalue weighted by atomic mass is 9.73. The number of aryl methyl sites for hydroxylation is 1. The lowest BCUT2D eigenvalue weighted by molar-refractivity contribution is -0.136. The van der Waals surface area contributed by atoms with Crippen LogP contribution in [0, 0.1) is 0 Å². The van der Waals surface area contributed by atoms with Crippen molar-refractivity contribution < 1.29 is 9.84 Å². The average Bonchev–Trinajstić information content (AvgIpc) is 2.37. The van der Waals surface area contributed by atoms with Crippen LogP contribution >= 0.6 is 0 Å². The average molecular weight is 274 g/mol. The molecular formula is C18H26O2. The first-order chi connectivity index (χ1) is 9.56. The molecule has 0 bridgehead atoms. The van der Waals surface area contributed by atoms with Crippen LogP contribution in [0.3, 0.4) is 0 Å². The second-order valence-electron chi connectivity index (χ2n) is 6.88. The quantitative estimate of drug-likeness (QED) is 0.888. The Bertz CT molecular complexity index is 458. The van der Waals surface area contributed by atoms with E-state index in [-0.39, 0.29) is 12.2 Å². The van der Waals surface area contributed by atoms with Gasteiger partial charge in [-0.3, -0.25) is 0 Å². The zero-order valence-electron chi connectivity index (χ0n) is 12.6. The summed E-state index contributed by atoms with van der Waals surface area (Å²) in [4.78, 5) is 0. The van der Waals surface area contributed by atoms with Crippen LogP contribution in [0.25, 0.3) is 0 Å². The Morgan fingerprint density at radius 3 is 2.65 bits per heavy atom. The zero-order valence-corrected chi connectivity index (χ0v) is 12.6. The van der Waals surface area contributed by atoms with Gasteiger partial charge < -0.3 is 9.84 Å². The summed E-state index contributed by atoms with van der Waals surface area (Å²) in [7, 11) is 0. The first-order valence-electron chi connectivity index (χ1n) is 8.01. The monoisotopic (exact) mass is 274 g/mol. The van der Waals surface area contributed by atoms with E-state index in [2.05, 4.69) is 38.1 Å². The van der Waals surface area contributed by atoms with Crippen LogP contribution in [0.4, 0.5) is 0 Å². The van der Waals surface area contributed by atoms with Crippen molar-refractivity contribution in [2.45, 2.75) is 76.1 Å². The van der Waals surface area contributed by atoms with Gasteiger partial charge >= 0.3 is 0 Å². The van der Waals surface area contributed by atoms with E-state index in [1.807, 2.05) is 0 Å². The Morgan fingerprint density at radius 1 is 1.20 bits per heavy atom. The number of benzene rings is 1. The van der Waals surface area contributed by atoms with Gasteiger partial charge in [0.05, 0.1) is 17.8 Å². The molecule has 0 amide bonds. The van der Waals surface area contributed by atoms with Gasteiger partial charge in [0.25, 0.3) is 0 Å². The number of ether oxygens (including phenoxy) is 1. The van der Waals surface area contributed by atoms with Gasteiger partial charge in [-0.25, -0.2) is 0 Å². The van der Waals surface area contributed by atoms with Crippen LogP contribution in [-0.2, 0) is 11.2 Å². The van der Waals surface area contributed by atoms with Gasteiger partial charge in [-0.15, -0.1) is 0 Å². The molecule has 1 aromatic rings. The third-order valence-corrected chi connectivity index (χ3v) is 4.92. The van der Waals surface area contributed by atoms with Crippen molar-refractivity contribution in [1.29, 1.82) is 0 Å². The number of fused-ring (bicyclic) bond motifs is 1. The van der Waals surface area contributed by atoms with E-state index >= 15 is 0 Å². The smallest absolute Gasteiger partial charge is 0.0702 e. The third-order valence-electron chi connectivity index (χ3n) is 4.92. The van der Waals surface area contributed by atoms with Gasteiger partial charge in [0.1, 0.15) is 0 Å². The zero-order chi connectivity index (χ0) is 14.2. The van der Waals surface area contributed by atoms with Crippen molar-refractivity contribution in [1.82, 2.24) is 0 Å². The molecule has 20 heavy (non-hydrogen) atoms. The van der Waals surface area contributed by atoms with E-state index in [4.69, 9.17) is 4.74 Å². The van der Waals surface area contributed by atoms with Crippen LogP contribution in [0.1, 0.15) is 63.0 Å². The molecule has 3 atom stereocenters. The van der Waals surface area contributed by atoms with E-state index in [0.29, 0.717) is 5.92 Å². The number of aliphatic hydroxyl groups is 1. The highest BCUT2D eigenvalue weighted by molar-refractivity contribution is 5.32. The second kappa shape index (κ2) is 5.50. The summed E-state index contributed by atoms with van der Waals surface area (Å²) >= 11 is 0. The van der Waals surface area contributed by atoms with Gasteiger partial charge in [-0.05, 0) is 56.6 Å². The summed E-state index contributed by atoms with van der Waals surface area (Å²) in [6, 6.07) is 8.78. The summed E-state index contributed by atoms with van der Waals surface area (Å²) in [5.41, 5.74) is 2.41. The largest absolute Gasteiger partial charge is 0.390 e. The molecule has 0 radical (unpaired) electrons. The molecule has 2 nitrogen and oxygen atoms in total. The maximum absolute atomic E-state index is 11.0. The fraction of sp³-hybridized carbons (Fsp3) is 0.667. The molecule has 1 heterocycles. The molecule has 2 aliphatic rings. The minimum absolute atomic E-state index is 0.169. The van der Waals surface area contributed by atoms with E-state index in [0.717, 1.165) is 19.3 Å². The van der Waals surface area contributed by atoms with Gasteiger partial charge in [-0.2, -0.15) is 0 Å². The maximum Gasteiger partial charge on any atom is 0.0702 e. The molecule has 2 heteroatoms. The van der Waals surface area contributed by atoms with Gasteiger partial charge in [0.15, 0.2) is 0 Å². The van der Waals surface area contributed by atoms with Crippen LogP contribution in [0.15, 0.2) is 24.3 Å². The van der Waals surface area contributed by atoms with E-state index in [1.165, 1.54) is 30.4 Å². The van der Waals surface area contributed by atoms with Crippen molar-refractivity contribution >= 4 is 0 Å². The van der Waals surface area contributed by atoms with Crippen LogP contribution in [-0.4, -0.2) is 22.9 Å². The Balaban J connectivity index is 1.78. The van der Waals surface area contributed by atoms with Gasteiger partial charge in [0.2, 0.25) is 0 Å². The van der Waals surface area contributed by atoms with Gasteiger partial charge in [0, 0.05) is 12.8 Å². The molecule has 0 saturated carbocycles. The molecule has 3 rings (SSSR count). The first kappa shape index (κ1) is 14.1. The van der Waals surface area contributed by atoms with E-state index < -0.39 is 5.60 Å². The van der Waals surface area contributed by atoms with Crippen molar-refractivity contribution in [2.24, 2.45) is 0 Å². The Hall–Kier alpha value is -0.860. The molecule has 3 unspecified atom stereocenters. The van der Waals surface area contributed by atoms with Crippen molar-refractivity contribution in [3.63, 3.8) is 0 Å². The molecule has 1 N–H and O–H groups in total. The Morgan fingerprint density at radius 2 is 1.90 bits per heavy atom. The van der Waals surface area contributed by atoms with Crippen LogP contribution in [0.5, 0.6) is 0 Å². The molecular weight excluding hydrogens is 248 g/mol. The number of rotatable bonds is 2. The number of hydrogen-bond acceptors (Lipinski definition) is 2. The fourth-order valence-electron chi connectivity index (χ4n) is 4.34. The maximum atomic E-state index is 11.0. The normalized spacial score (nSPS) is 37.5. The lowest BCUT2D eigenvalue weighted by Gasteiger charge is -2.42. The van der Waals surface area contributed by atoms with Crippen LogP contribution < -0.4 is 0 Å². The molecule has 1 aliphatic carbocycles. The SMILES string of the molecule is CC1CC(O)(CC2CCCc3ccccc32)CC(C)O1. The minimum atomic E-state index is -0.549. The molecule has 1 aromatic carbocycles. The topological polar surface area (TPSA) is 29.5 Å². The molecule has 1 saturated heterocycles. The van der Waals surface area contributed by atoms with E-state index in [9.17, 15) is 5.11 Å². The van der Waals surface area contributed by atoms with Crippen LogP contribution in [0.2, 0.25) is 0 Å². The van der Waals surface area contributed by atoms with Crippen molar-refractivity contribution in [2.75, 3.05) is 0 Å². The molecule has 0 aromatic heterocycles. The van der Waals surface area contributed by atoms with Gasteiger partial charge in [-0.1, -0.05) is 24.3 Å². The van der Waals surface area contributed by atoms with E-state index in [1.54, 1.807) is 0 Å². The third kappa shape index (κ3) is 2.91. The molecule has 1 fully saturated rings. The molecule has 1 aliphatic heterocycles. The van der Waals surface area contributed by atoms with Crippen molar-refractivity contribution in [3.05, 3.63) is 35.4 Å². The Kier molecular flexibility index (Phi) is 3.87. The highest BCUT2D eigenvalue weighted by Crippen LogP contribution is 2.41. The molecule has 0 spiro atoms. The second-order valence-corrected chi connectivity index (χ2v) is 6.88. The fourth-order valence-corrected chi connectivity index (χ4v) is 4.34. The van der Waals surface area contributed by atoms with Crippen molar-refractivity contribution in [3.8, 4) is 0 Å². The standard InChI is InChI=1S/C18H26O2/c1-13-10-18(19,11-14(2)20-13)12-16-8-5-7-15-6-3-4-9-17(15)16/h3-4,6,9,13-14,16,19H,5,7-8,10-12H2,1-2H3. The highest BCUT2D eigenvalue weighted by atomic mass is 16.5. The minimum Gasteiger partial charge on any atom is -0.390 e. The lowest BCUT2D eigenvalue weighted by Crippen LogP contribution is -2.44. The molecule has 110 valence electrons. The Labute approximate surface area is 122 Å². The predicted molar refractivity (Wildman–Crippen MR) is 80.9 cm³/mol. The first-order valence-corrected chi connectivity index (χ1v) is 8.01. The summed E-state index contributed by atoms with van der Waals surface area (Å²) in [6.45, 7) is 4.16. The number of hydrogen-bond donors (Lipinski definition) is 1. The highest BCUT2D eigenvalue weighted by Gasteiger charge is 2.39. The summed E-state index contributed by atoms with van der Waals surface area (Å²) in [5.74, 6) is 0.516. The summed E-state index contributed by atoms with van der Waals surface area (Å²) in [6.07, 6.45) is 6.43. The summed E-state index contributed by atoms with van der Waals surface area (Å²) in [5, 5.41) is 11.0.